The summed E-state index contributed by atoms with van der Waals surface area (Å²) in [5, 5.41) is 3.73. The Morgan fingerprint density at radius 3 is 2.45 bits per heavy atom. The number of hydrogen-bond donors (Lipinski definition) is 0. The van der Waals surface area contributed by atoms with E-state index >= 15 is 0 Å². The molecule has 156 valence electrons. The van der Waals surface area contributed by atoms with Crippen molar-refractivity contribution >= 4 is 27.3 Å². The van der Waals surface area contributed by atoms with Gasteiger partial charge in [0.15, 0.2) is 5.78 Å². The van der Waals surface area contributed by atoms with E-state index in [9.17, 15) is 4.79 Å². The Balaban J connectivity index is 1.75. The summed E-state index contributed by atoms with van der Waals surface area (Å²) in [4.78, 5) is 15.2. The van der Waals surface area contributed by atoms with Crippen molar-refractivity contribution in [3.05, 3.63) is 96.2 Å². The van der Waals surface area contributed by atoms with Gasteiger partial charge in [-0.1, -0.05) is 42.5 Å². The highest BCUT2D eigenvalue weighted by Gasteiger charge is 2.15. The van der Waals surface area contributed by atoms with Crippen molar-refractivity contribution < 1.29 is 14.3 Å². The van der Waals surface area contributed by atoms with E-state index in [1.54, 1.807) is 20.3 Å². The van der Waals surface area contributed by atoms with Gasteiger partial charge < -0.3 is 14.4 Å². The predicted octanol–water partition coefficient (Wildman–Crippen LogP) is 5.84. The van der Waals surface area contributed by atoms with Crippen molar-refractivity contribution in [2.24, 2.45) is 0 Å². The fraction of sp³-hybridized carbons (Fsp3) is 0.148. The van der Waals surface area contributed by atoms with Gasteiger partial charge in [-0.05, 0) is 52.1 Å². The van der Waals surface area contributed by atoms with Crippen LogP contribution in [0, 0.1) is 0 Å². The summed E-state index contributed by atoms with van der Waals surface area (Å²) in [6.45, 7) is 0.734. The third-order valence-electron chi connectivity index (χ3n) is 5.39. The number of ether oxygens (including phenoxy) is 2. The second-order valence-corrected chi connectivity index (χ2v) is 7.47. The number of ketones is 1. The first-order valence-corrected chi connectivity index (χ1v) is 10.1. The van der Waals surface area contributed by atoms with Crippen LogP contribution < -0.4 is 9.47 Å². The standard InChI is InChI=1S/C27H25NO3/c1-28(18-19-8-5-4-6-9-19)15-14-25(29)23-16-20-10-7-11-26(31-3)27(20)24-17-21(30-2)12-13-22(23)24/h4-17H,18H2,1-3H3/b15-14-. The lowest BCUT2D eigenvalue weighted by Gasteiger charge is -2.15. The Morgan fingerprint density at radius 2 is 1.71 bits per heavy atom. The molecular formula is C27H25NO3. The zero-order valence-corrected chi connectivity index (χ0v) is 18.0. The van der Waals surface area contributed by atoms with Crippen molar-refractivity contribution in [3.8, 4) is 11.5 Å². The fourth-order valence-corrected chi connectivity index (χ4v) is 3.86. The molecule has 0 unspecified atom stereocenters. The molecule has 31 heavy (non-hydrogen) atoms. The van der Waals surface area contributed by atoms with E-state index in [0.29, 0.717) is 5.56 Å². The average Bonchev–Trinajstić information content (AvgIpc) is 2.81. The molecule has 4 nitrogen and oxygen atoms in total. The van der Waals surface area contributed by atoms with E-state index in [1.165, 1.54) is 5.56 Å². The molecule has 0 saturated carbocycles. The van der Waals surface area contributed by atoms with Crippen LogP contribution >= 0.6 is 0 Å². The first-order valence-electron chi connectivity index (χ1n) is 10.1. The number of rotatable bonds is 7. The minimum Gasteiger partial charge on any atom is -0.497 e. The fourth-order valence-electron chi connectivity index (χ4n) is 3.86. The summed E-state index contributed by atoms with van der Waals surface area (Å²) in [6.07, 6.45) is 3.47. The Kier molecular flexibility index (Phi) is 5.89. The molecular weight excluding hydrogens is 386 g/mol. The van der Waals surface area contributed by atoms with Crippen molar-refractivity contribution in [1.82, 2.24) is 4.90 Å². The molecule has 0 N–H and O–H groups in total. The van der Waals surface area contributed by atoms with Crippen LogP contribution in [-0.2, 0) is 6.54 Å². The summed E-state index contributed by atoms with van der Waals surface area (Å²) in [6, 6.07) is 23.8. The highest BCUT2D eigenvalue weighted by Crippen LogP contribution is 2.37. The Labute approximate surface area is 182 Å². The van der Waals surface area contributed by atoms with Gasteiger partial charge in [-0.15, -0.1) is 0 Å². The molecule has 0 atom stereocenters. The maximum atomic E-state index is 13.2. The van der Waals surface area contributed by atoms with Crippen molar-refractivity contribution in [2.45, 2.75) is 6.54 Å². The highest BCUT2D eigenvalue weighted by molar-refractivity contribution is 6.21. The van der Waals surface area contributed by atoms with Crippen LogP contribution in [0.2, 0.25) is 0 Å². The van der Waals surface area contributed by atoms with Crippen LogP contribution in [0.25, 0.3) is 21.5 Å². The minimum absolute atomic E-state index is 0.0419. The van der Waals surface area contributed by atoms with Gasteiger partial charge in [-0.25, -0.2) is 0 Å². The number of benzene rings is 4. The Morgan fingerprint density at radius 1 is 0.903 bits per heavy atom. The number of nitrogens with zero attached hydrogens (tertiary/aromatic N) is 1. The molecule has 0 amide bonds. The summed E-state index contributed by atoms with van der Waals surface area (Å²) in [5.74, 6) is 1.47. The van der Waals surface area contributed by atoms with Gasteiger partial charge in [0.05, 0.1) is 14.2 Å². The van der Waals surface area contributed by atoms with E-state index in [2.05, 4.69) is 12.1 Å². The third-order valence-corrected chi connectivity index (χ3v) is 5.39. The molecule has 4 heteroatoms. The van der Waals surface area contributed by atoms with E-state index in [1.807, 2.05) is 78.8 Å². The molecule has 0 spiro atoms. The molecule has 4 aromatic rings. The van der Waals surface area contributed by atoms with Crippen LogP contribution in [0.1, 0.15) is 15.9 Å². The van der Waals surface area contributed by atoms with Crippen molar-refractivity contribution in [3.63, 3.8) is 0 Å². The monoisotopic (exact) mass is 411 g/mol. The Bertz CT molecular complexity index is 1260. The topological polar surface area (TPSA) is 38.8 Å². The molecule has 0 aliphatic heterocycles. The first kappa shape index (κ1) is 20.5. The quantitative estimate of drug-likeness (QED) is 0.218. The highest BCUT2D eigenvalue weighted by atomic mass is 16.5. The van der Waals surface area contributed by atoms with Gasteiger partial charge in [-0.2, -0.15) is 0 Å². The smallest absolute Gasteiger partial charge is 0.187 e. The van der Waals surface area contributed by atoms with E-state index < -0.39 is 0 Å². The lowest BCUT2D eigenvalue weighted by atomic mass is 9.94. The van der Waals surface area contributed by atoms with Crippen LogP contribution in [0.15, 0.2) is 85.1 Å². The zero-order chi connectivity index (χ0) is 21.8. The van der Waals surface area contributed by atoms with Crippen molar-refractivity contribution in [2.75, 3.05) is 21.3 Å². The molecule has 0 radical (unpaired) electrons. The lowest BCUT2D eigenvalue weighted by Crippen LogP contribution is -2.10. The first-order chi connectivity index (χ1) is 15.1. The summed E-state index contributed by atoms with van der Waals surface area (Å²) < 4.78 is 11.0. The molecule has 4 aromatic carbocycles. The van der Waals surface area contributed by atoms with Crippen molar-refractivity contribution in [1.29, 1.82) is 0 Å². The largest absolute Gasteiger partial charge is 0.497 e. The molecule has 0 fully saturated rings. The number of methoxy groups -OCH3 is 2. The molecule has 0 saturated heterocycles. The third kappa shape index (κ3) is 4.24. The van der Waals surface area contributed by atoms with Crippen LogP contribution in [-0.4, -0.2) is 32.0 Å². The van der Waals surface area contributed by atoms with E-state index in [-0.39, 0.29) is 5.78 Å². The predicted molar refractivity (Wildman–Crippen MR) is 126 cm³/mol. The minimum atomic E-state index is -0.0419. The van der Waals surface area contributed by atoms with Gasteiger partial charge in [0.1, 0.15) is 11.5 Å². The molecule has 0 aromatic heterocycles. The summed E-state index contributed by atoms with van der Waals surface area (Å²) >= 11 is 0. The second kappa shape index (κ2) is 8.92. The maximum absolute atomic E-state index is 13.2. The van der Waals surface area contributed by atoms with E-state index in [0.717, 1.165) is 39.6 Å². The van der Waals surface area contributed by atoms with Crippen LogP contribution in [0.4, 0.5) is 0 Å². The second-order valence-electron chi connectivity index (χ2n) is 7.47. The van der Waals surface area contributed by atoms with Gasteiger partial charge in [0, 0.05) is 36.8 Å². The molecule has 0 aliphatic rings. The molecule has 0 aliphatic carbocycles. The molecule has 4 rings (SSSR count). The van der Waals surface area contributed by atoms with Gasteiger partial charge >= 0.3 is 0 Å². The summed E-state index contributed by atoms with van der Waals surface area (Å²) in [5.41, 5.74) is 1.85. The molecule has 0 heterocycles. The number of fused-ring (bicyclic) bond motifs is 3. The number of allylic oxidation sites excluding steroid dienone is 1. The number of hydrogen-bond acceptors (Lipinski definition) is 4. The van der Waals surface area contributed by atoms with Crippen LogP contribution in [0.5, 0.6) is 11.5 Å². The van der Waals surface area contributed by atoms with Crippen LogP contribution in [0.3, 0.4) is 0 Å². The zero-order valence-electron chi connectivity index (χ0n) is 18.0. The van der Waals surface area contributed by atoms with Gasteiger partial charge in [-0.3, -0.25) is 4.79 Å². The summed E-state index contributed by atoms with van der Waals surface area (Å²) in [7, 11) is 5.26. The number of carbonyl (C=O) groups is 1. The lowest BCUT2D eigenvalue weighted by molar-refractivity contribution is 0.104. The van der Waals surface area contributed by atoms with E-state index in [4.69, 9.17) is 9.47 Å². The maximum Gasteiger partial charge on any atom is 0.187 e. The van der Waals surface area contributed by atoms with Gasteiger partial charge in [0.25, 0.3) is 0 Å². The average molecular weight is 412 g/mol. The number of carbonyl (C=O) groups excluding carboxylic acids is 1. The Hall–Kier alpha value is -3.79. The van der Waals surface area contributed by atoms with Gasteiger partial charge in [0.2, 0.25) is 0 Å². The SMILES string of the molecule is COc1ccc2c(C(=O)/C=C\N(C)Cc3ccccc3)cc3cccc(OC)c3c2c1. The molecule has 0 bridgehead atoms. The normalized spacial score (nSPS) is 11.2.